The van der Waals surface area contributed by atoms with Gasteiger partial charge in [0.05, 0.1) is 23.3 Å². The number of carbonyl (C=O) groups excluding carboxylic acids is 3. The third-order valence-corrected chi connectivity index (χ3v) is 10.9. The quantitative estimate of drug-likeness (QED) is 0.547. The van der Waals surface area contributed by atoms with Crippen LogP contribution in [0, 0.1) is 28.6 Å². The van der Waals surface area contributed by atoms with Crippen LogP contribution in [0.4, 0.5) is 27.7 Å². The molecule has 5 fully saturated rings. The van der Waals surface area contributed by atoms with Gasteiger partial charge in [-0.3, -0.25) is 14.5 Å². The summed E-state index contributed by atoms with van der Waals surface area (Å²) in [7, 11) is 0. The molecule has 3 N–H and O–H groups in total. The number of nitrogens with zero attached hydrogens (tertiary/aromatic N) is 5. The molecule has 0 spiro atoms. The predicted octanol–water partition coefficient (Wildman–Crippen LogP) is 4.12. The lowest BCUT2D eigenvalue weighted by Crippen LogP contribution is -2.63. The normalized spacial score (nSPS) is 29.4. The van der Waals surface area contributed by atoms with Gasteiger partial charge in [-0.05, 0) is 74.1 Å². The number of primary amides is 1. The maximum Gasteiger partial charge on any atom is 0.322 e. The number of urea groups is 1. The third kappa shape index (κ3) is 4.96. The molecule has 1 aromatic heterocycles. The van der Waals surface area contributed by atoms with E-state index in [1.54, 1.807) is 0 Å². The summed E-state index contributed by atoms with van der Waals surface area (Å²) in [6.45, 7) is 10.1. The van der Waals surface area contributed by atoms with E-state index in [0.717, 1.165) is 68.1 Å². The number of hydrogen-bond donors (Lipinski definition) is 2. The van der Waals surface area contributed by atoms with E-state index in [1.165, 1.54) is 0 Å². The molecule has 44 heavy (non-hydrogen) atoms. The van der Waals surface area contributed by atoms with Gasteiger partial charge >= 0.3 is 6.03 Å². The van der Waals surface area contributed by atoms with E-state index < -0.39 is 0 Å². The van der Waals surface area contributed by atoms with Crippen molar-refractivity contribution in [3.63, 3.8) is 0 Å². The minimum Gasteiger partial charge on any atom is -0.369 e. The molecule has 234 valence electrons. The van der Waals surface area contributed by atoms with Gasteiger partial charge in [-0.1, -0.05) is 32.9 Å². The van der Waals surface area contributed by atoms with Gasteiger partial charge in [0.25, 0.3) is 0 Å². The number of benzene rings is 1. The number of rotatable bonds is 4. The molecule has 10 heteroatoms. The zero-order valence-electron chi connectivity index (χ0n) is 26.2. The highest BCUT2D eigenvalue weighted by Gasteiger charge is 2.58. The summed E-state index contributed by atoms with van der Waals surface area (Å²) in [4.78, 5) is 52.0. The highest BCUT2D eigenvalue weighted by Crippen LogP contribution is 2.60. The number of amides is 4. The number of hydrogen-bond acceptors (Lipinski definition) is 6. The van der Waals surface area contributed by atoms with Crippen LogP contribution in [-0.4, -0.2) is 73.0 Å². The molecule has 6 aliphatic rings. The second-order valence-corrected chi connectivity index (χ2v) is 14.8. The number of nitrogens with one attached hydrogen (secondary N) is 1. The maximum absolute atomic E-state index is 13.8. The second-order valence-electron chi connectivity index (χ2n) is 14.8. The van der Waals surface area contributed by atoms with E-state index in [1.807, 2.05) is 55.0 Å². The van der Waals surface area contributed by atoms with Crippen LogP contribution in [0.15, 0.2) is 42.6 Å². The van der Waals surface area contributed by atoms with Gasteiger partial charge in [-0.2, -0.15) is 0 Å². The van der Waals surface area contributed by atoms with Gasteiger partial charge in [0, 0.05) is 56.1 Å². The smallest absolute Gasteiger partial charge is 0.322 e. The van der Waals surface area contributed by atoms with Crippen LogP contribution < -0.4 is 25.8 Å². The molecule has 3 heterocycles. The third-order valence-electron chi connectivity index (χ3n) is 10.9. The molecule has 4 bridgehead atoms. The number of carbonyl (C=O) groups is 3. The molecule has 3 unspecified atom stereocenters. The zero-order valence-corrected chi connectivity index (χ0v) is 26.2. The number of pyridine rings is 1. The topological polar surface area (TPSA) is 115 Å². The van der Waals surface area contributed by atoms with Gasteiger partial charge in [-0.15, -0.1) is 0 Å². The first kappa shape index (κ1) is 28.9. The number of aromatic nitrogens is 1. The summed E-state index contributed by atoms with van der Waals surface area (Å²) in [5, 5.41) is 3.42. The molecule has 2 aromatic rings. The van der Waals surface area contributed by atoms with Crippen LogP contribution in [0.3, 0.4) is 0 Å². The first-order chi connectivity index (χ1) is 21.0. The summed E-state index contributed by atoms with van der Waals surface area (Å²) in [6, 6.07) is 12.2. The highest BCUT2D eigenvalue weighted by atomic mass is 16.2. The number of fused-ring (bicyclic) bond motifs is 1. The Balaban J connectivity index is 1.02. The van der Waals surface area contributed by atoms with Crippen molar-refractivity contribution in [2.75, 3.05) is 54.0 Å². The van der Waals surface area contributed by atoms with Crippen LogP contribution in [0.5, 0.6) is 0 Å². The Kier molecular flexibility index (Phi) is 7.01. The van der Waals surface area contributed by atoms with Crippen LogP contribution in [0.2, 0.25) is 0 Å². The highest BCUT2D eigenvalue weighted by molar-refractivity contribution is 5.98. The summed E-state index contributed by atoms with van der Waals surface area (Å²) in [6.07, 6.45) is 6.60. The van der Waals surface area contributed by atoms with Crippen LogP contribution in [0.1, 0.15) is 52.9 Å². The average molecular weight is 600 g/mol. The predicted molar refractivity (Wildman–Crippen MR) is 171 cm³/mol. The maximum atomic E-state index is 13.8. The summed E-state index contributed by atoms with van der Waals surface area (Å²) in [5.41, 5.74) is 8.04. The van der Waals surface area contributed by atoms with E-state index in [4.69, 9.17) is 10.7 Å². The van der Waals surface area contributed by atoms with Crippen molar-refractivity contribution < 1.29 is 14.4 Å². The Morgan fingerprint density at radius 3 is 2.18 bits per heavy atom. The van der Waals surface area contributed by atoms with Gasteiger partial charge in [0.15, 0.2) is 0 Å². The molecule has 1 saturated heterocycles. The molecular formula is C34H45N7O3. The van der Waals surface area contributed by atoms with Crippen LogP contribution in [0.25, 0.3) is 0 Å². The van der Waals surface area contributed by atoms with E-state index >= 15 is 0 Å². The Morgan fingerprint density at radius 2 is 1.57 bits per heavy atom. The molecule has 8 rings (SSSR count). The molecule has 4 aliphatic carbocycles. The molecule has 4 amide bonds. The van der Waals surface area contributed by atoms with E-state index in [-0.39, 0.29) is 34.7 Å². The molecule has 5 atom stereocenters. The van der Waals surface area contributed by atoms with Crippen molar-refractivity contribution in [3.05, 3.63) is 42.6 Å². The minimum atomic E-state index is -0.364. The van der Waals surface area contributed by atoms with E-state index in [2.05, 4.69) is 33.3 Å². The molecule has 4 saturated carbocycles. The summed E-state index contributed by atoms with van der Waals surface area (Å²) in [5.74, 6) is 2.09. The fourth-order valence-corrected chi connectivity index (χ4v) is 8.96. The lowest BCUT2D eigenvalue weighted by atomic mass is 9.47. The largest absolute Gasteiger partial charge is 0.369 e. The van der Waals surface area contributed by atoms with Crippen LogP contribution >= 0.6 is 0 Å². The number of anilines is 4. The Bertz CT molecular complexity index is 1430. The van der Waals surface area contributed by atoms with Crippen molar-refractivity contribution >= 4 is 40.7 Å². The average Bonchev–Trinajstić information content (AvgIpc) is 3.01. The lowest BCUT2D eigenvalue weighted by molar-refractivity contribution is -0.145. The van der Waals surface area contributed by atoms with Crippen molar-refractivity contribution in [2.45, 2.75) is 58.9 Å². The van der Waals surface area contributed by atoms with Crippen molar-refractivity contribution in [3.8, 4) is 0 Å². The van der Waals surface area contributed by atoms with E-state index in [9.17, 15) is 14.4 Å². The molecule has 10 nitrogen and oxygen atoms in total. The van der Waals surface area contributed by atoms with Gasteiger partial charge in [0.1, 0.15) is 5.82 Å². The van der Waals surface area contributed by atoms with Gasteiger partial charge in [-0.25, -0.2) is 9.78 Å². The zero-order chi connectivity index (χ0) is 30.8. The minimum absolute atomic E-state index is 0.0601. The first-order valence-corrected chi connectivity index (χ1v) is 16.3. The van der Waals surface area contributed by atoms with E-state index in [0.29, 0.717) is 43.9 Å². The molecule has 1 aromatic carbocycles. The molecule has 0 radical (unpaired) electrons. The Hall–Kier alpha value is -3.82. The number of nitrogens with two attached hydrogens (primary N) is 1. The second kappa shape index (κ2) is 10.7. The van der Waals surface area contributed by atoms with Crippen molar-refractivity contribution in [1.82, 2.24) is 15.2 Å². The fraction of sp³-hybridized carbons (Fsp3) is 0.588. The van der Waals surface area contributed by atoms with Gasteiger partial charge < -0.3 is 25.8 Å². The lowest BCUT2D eigenvalue weighted by Gasteiger charge is -2.59. The Labute approximate surface area is 259 Å². The Morgan fingerprint density at radius 1 is 0.886 bits per heavy atom. The fourth-order valence-electron chi connectivity index (χ4n) is 8.96. The standard InChI is InChI=1S/C34H45N7O3/c1-33(2,3)31(43)39-12-10-38(11-13-39)25-8-9-28(36-21-25)40-14-15-41(27-7-5-4-6-26(27)40)32(44)37-29-23-16-22-17-24(29)20-34(18-22,19-23)30(35)42/h4-9,21-24,29H,10-20H2,1-3H3,(H2,35,42)(H,37,44)/t22?,23-,24+,29?,34?. The van der Waals surface area contributed by atoms with Gasteiger partial charge in [0.2, 0.25) is 11.8 Å². The van der Waals surface area contributed by atoms with Crippen molar-refractivity contribution in [1.29, 1.82) is 0 Å². The summed E-state index contributed by atoms with van der Waals surface area (Å²) < 4.78 is 0. The van der Waals surface area contributed by atoms with Crippen molar-refractivity contribution in [2.24, 2.45) is 34.3 Å². The molecule has 2 aliphatic heterocycles. The number of piperazine rings is 1. The van der Waals surface area contributed by atoms with Crippen LogP contribution in [-0.2, 0) is 9.59 Å². The first-order valence-electron chi connectivity index (χ1n) is 16.3. The monoisotopic (exact) mass is 599 g/mol. The molecular weight excluding hydrogens is 554 g/mol. The number of para-hydroxylation sites is 2. The SMILES string of the molecule is CC(C)(C)C(=O)N1CCN(c2ccc(N3CCN(C(=O)NC4[C@@H]5CC6C[C@H]4CC(C(N)=O)(C6)C5)c4ccccc43)nc2)CC1. The summed E-state index contributed by atoms with van der Waals surface area (Å²) >= 11 is 0.